The first kappa shape index (κ1) is 14.1. The van der Waals surface area contributed by atoms with Crippen LogP contribution in [0, 0.1) is 3.57 Å². The van der Waals surface area contributed by atoms with Crippen molar-refractivity contribution in [3.05, 3.63) is 27.8 Å². The first-order valence-electron chi connectivity index (χ1n) is 6.95. The Balaban J connectivity index is 1.49. The largest absolute Gasteiger partial charge is 0.494 e. The zero-order valence-corrected chi connectivity index (χ0v) is 13.1. The van der Waals surface area contributed by atoms with Gasteiger partial charge in [0.05, 0.1) is 6.61 Å². The maximum Gasteiger partial charge on any atom is 0.119 e. The van der Waals surface area contributed by atoms with E-state index in [4.69, 9.17) is 4.74 Å². The number of nitrogens with zero attached hydrogens (tertiary/aromatic N) is 1. The fourth-order valence-corrected chi connectivity index (χ4v) is 2.70. The molecule has 0 radical (unpaired) electrons. The Morgan fingerprint density at radius 2 is 1.72 bits per heavy atom. The summed E-state index contributed by atoms with van der Waals surface area (Å²) in [5.74, 6) is 0.995. The van der Waals surface area contributed by atoms with Gasteiger partial charge in [0, 0.05) is 3.57 Å². The van der Waals surface area contributed by atoms with Crippen LogP contribution in [0.25, 0.3) is 0 Å². The molecular formula is C15H22INO. The Morgan fingerprint density at radius 1 is 1.00 bits per heavy atom. The Kier molecular flexibility index (Phi) is 6.28. The summed E-state index contributed by atoms with van der Waals surface area (Å²) in [5.41, 5.74) is 0. The molecule has 2 rings (SSSR count). The summed E-state index contributed by atoms with van der Waals surface area (Å²) in [4.78, 5) is 2.58. The van der Waals surface area contributed by atoms with Crippen LogP contribution in [-0.4, -0.2) is 31.1 Å². The van der Waals surface area contributed by atoms with Gasteiger partial charge >= 0.3 is 0 Å². The number of hydrogen-bond acceptors (Lipinski definition) is 2. The van der Waals surface area contributed by atoms with Gasteiger partial charge in [0.2, 0.25) is 0 Å². The summed E-state index contributed by atoms with van der Waals surface area (Å²) in [6, 6.07) is 8.27. The molecule has 0 atom stereocenters. The van der Waals surface area contributed by atoms with Gasteiger partial charge in [0.1, 0.15) is 5.75 Å². The molecule has 1 aromatic rings. The van der Waals surface area contributed by atoms with Gasteiger partial charge in [0.25, 0.3) is 0 Å². The second-order valence-electron chi connectivity index (χ2n) is 4.91. The average Bonchev–Trinajstić information content (AvgIpc) is 2.89. The molecule has 100 valence electrons. The summed E-state index contributed by atoms with van der Waals surface area (Å²) in [6.45, 7) is 4.77. The number of ether oxygens (including phenoxy) is 1. The summed E-state index contributed by atoms with van der Waals surface area (Å²) in [5, 5.41) is 0. The van der Waals surface area contributed by atoms with Crippen molar-refractivity contribution < 1.29 is 4.74 Å². The zero-order valence-electron chi connectivity index (χ0n) is 10.9. The number of hydrogen-bond donors (Lipinski definition) is 0. The molecular weight excluding hydrogens is 337 g/mol. The molecule has 3 heteroatoms. The molecule has 0 amide bonds. The number of likely N-dealkylation sites (tertiary alicyclic amines) is 1. The van der Waals surface area contributed by atoms with Gasteiger partial charge in [0.15, 0.2) is 0 Å². The minimum atomic E-state index is 0.848. The van der Waals surface area contributed by atoms with Crippen molar-refractivity contribution in [2.24, 2.45) is 0 Å². The molecule has 1 saturated heterocycles. The lowest BCUT2D eigenvalue weighted by Crippen LogP contribution is -2.20. The van der Waals surface area contributed by atoms with Crippen molar-refractivity contribution in [1.82, 2.24) is 4.90 Å². The van der Waals surface area contributed by atoms with Crippen LogP contribution in [0.2, 0.25) is 0 Å². The molecule has 1 aromatic carbocycles. The maximum atomic E-state index is 5.72. The zero-order chi connectivity index (χ0) is 12.6. The molecule has 1 aliphatic rings. The van der Waals surface area contributed by atoms with E-state index in [1.807, 2.05) is 12.1 Å². The molecule has 1 aliphatic heterocycles. The molecule has 0 saturated carbocycles. The molecule has 1 heterocycles. The highest BCUT2D eigenvalue weighted by Gasteiger charge is 2.09. The second kappa shape index (κ2) is 8.00. The van der Waals surface area contributed by atoms with Crippen LogP contribution in [-0.2, 0) is 0 Å². The second-order valence-corrected chi connectivity index (χ2v) is 6.16. The molecule has 0 aromatic heterocycles. The summed E-state index contributed by atoms with van der Waals surface area (Å²) >= 11 is 2.31. The van der Waals surface area contributed by atoms with Crippen LogP contribution in [0.3, 0.4) is 0 Å². The van der Waals surface area contributed by atoms with E-state index >= 15 is 0 Å². The van der Waals surface area contributed by atoms with Gasteiger partial charge in [-0.2, -0.15) is 0 Å². The monoisotopic (exact) mass is 359 g/mol. The lowest BCUT2D eigenvalue weighted by atomic mass is 10.2. The lowest BCUT2D eigenvalue weighted by molar-refractivity contribution is 0.290. The number of benzene rings is 1. The van der Waals surface area contributed by atoms with Gasteiger partial charge in [-0.05, 0) is 98.6 Å². The van der Waals surface area contributed by atoms with Crippen LogP contribution < -0.4 is 4.74 Å². The van der Waals surface area contributed by atoms with Crippen LogP contribution in [0.4, 0.5) is 0 Å². The van der Waals surface area contributed by atoms with Crippen LogP contribution >= 0.6 is 22.6 Å². The summed E-state index contributed by atoms with van der Waals surface area (Å²) in [7, 11) is 0. The van der Waals surface area contributed by atoms with Gasteiger partial charge in [-0.25, -0.2) is 0 Å². The highest BCUT2D eigenvalue weighted by Crippen LogP contribution is 2.14. The van der Waals surface area contributed by atoms with E-state index in [-0.39, 0.29) is 0 Å². The van der Waals surface area contributed by atoms with E-state index in [2.05, 4.69) is 39.6 Å². The summed E-state index contributed by atoms with van der Waals surface area (Å²) in [6.07, 6.45) is 6.56. The van der Waals surface area contributed by atoms with Crippen molar-refractivity contribution in [1.29, 1.82) is 0 Å². The van der Waals surface area contributed by atoms with E-state index < -0.39 is 0 Å². The predicted molar refractivity (Wildman–Crippen MR) is 84.2 cm³/mol. The number of halogens is 1. The Labute approximate surface area is 124 Å². The predicted octanol–water partition coefficient (Wildman–Crippen LogP) is 3.94. The smallest absolute Gasteiger partial charge is 0.119 e. The van der Waals surface area contributed by atoms with Crippen LogP contribution in [0.5, 0.6) is 5.75 Å². The molecule has 0 aliphatic carbocycles. The third-order valence-corrected chi connectivity index (χ3v) is 4.12. The molecule has 18 heavy (non-hydrogen) atoms. The van der Waals surface area contributed by atoms with Crippen molar-refractivity contribution >= 4 is 22.6 Å². The molecule has 2 nitrogen and oxygen atoms in total. The highest BCUT2D eigenvalue weighted by molar-refractivity contribution is 14.1. The van der Waals surface area contributed by atoms with Gasteiger partial charge in [-0.3, -0.25) is 0 Å². The van der Waals surface area contributed by atoms with Crippen molar-refractivity contribution in [2.75, 3.05) is 26.2 Å². The molecule has 0 spiro atoms. The Hall–Kier alpha value is -0.290. The first-order chi connectivity index (χ1) is 8.84. The van der Waals surface area contributed by atoms with Gasteiger partial charge in [-0.1, -0.05) is 0 Å². The van der Waals surface area contributed by atoms with Crippen molar-refractivity contribution in [3.63, 3.8) is 0 Å². The normalized spacial score (nSPS) is 16.1. The molecule has 0 N–H and O–H groups in total. The topological polar surface area (TPSA) is 12.5 Å². The quantitative estimate of drug-likeness (QED) is 0.540. The van der Waals surface area contributed by atoms with Crippen LogP contribution in [0.1, 0.15) is 32.1 Å². The molecule has 0 bridgehead atoms. The average molecular weight is 359 g/mol. The minimum Gasteiger partial charge on any atom is -0.494 e. The third-order valence-electron chi connectivity index (χ3n) is 3.40. The molecule has 0 unspecified atom stereocenters. The third kappa shape index (κ3) is 5.14. The maximum absolute atomic E-state index is 5.72. The number of rotatable bonds is 7. The first-order valence-corrected chi connectivity index (χ1v) is 8.03. The molecule has 1 fully saturated rings. The number of unbranched alkanes of at least 4 members (excludes halogenated alkanes) is 2. The SMILES string of the molecule is Ic1ccc(OCCCCCN2CCCC2)cc1. The van der Waals surface area contributed by atoms with E-state index in [1.165, 1.54) is 55.3 Å². The van der Waals surface area contributed by atoms with Gasteiger partial charge in [-0.15, -0.1) is 0 Å². The Morgan fingerprint density at radius 3 is 2.44 bits per heavy atom. The minimum absolute atomic E-state index is 0.848. The van der Waals surface area contributed by atoms with Crippen molar-refractivity contribution in [3.8, 4) is 5.75 Å². The van der Waals surface area contributed by atoms with E-state index in [0.717, 1.165) is 12.4 Å². The lowest BCUT2D eigenvalue weighted by Gasteiger charge is -2.13. The Bertz CT molecular complexity index is 333. The fraction of sp³-hybridized carbons (Fsp3) is 0.600. The van der Waals surface area contributed by atoms with E-state index in [9.17, 15) is 0 Å². The summed E-state index contributed by atoms with van der Waals surface area (Å²) < 4.78 is 6.97. The standard InChI is InChI=1S/C15H22INO/c16-14-6-8-15(9-7-14)18-13-5-1-2-10-17-11-3-4-12-17/h6-9H,1-5,10-13H2. The van der Waals surface area contributed by atoms with E-state index in [1.54, 1.807) is 0 Å². The fourth-order valence-electron chi connectivity index (χ4n) is 2.34. The van der Waals surface area contributed by atoms with E-state index in [0.29, 0.717) is 0 Å². The van der Waals surface area contributed by atoms with Gasteiger partial charge < -0.3 is 9.64 Å². The highest BCUT2D eigenvalue weighted by atomic mass is 127. The van der Waals surface area contributed by atoms with Crippen molar-refractivity contribution in [2.45, 2.75) is 32.1 Å². The van der Waals surface area contributed by atoms with Crippen LogP contribution in [0.15, 0.2) is 24.3 Å².